The number of aromatic nitrogens is 1. The van der Waals surface area contributed by atoms with Gasteiger partial charge < -0.3 is 9.73 Å². The van der Waals surface area contributed by atoms with Crippen molar-refractivity contribution in [2.45, 2.75) is 13.0 Å². The molecular formula is C17H13BrFN3O3S. The highest BCUT2D eigenvalue weighted by Crippen LogP contribution is 2.17. The molecule has 0 atom stereocenters. The van der Waals surface area contributed by atoms with Crippen molar-refractivity contribution in [2.24, 2.45) is 0 Å². The summed E-state index contributed by atoms with van der Waals surface area (Å²) in [6.45, 7) is 0.210. The summed E-state index contributed by atoms with van der Waals surface area (Å²) in [4.78, 5) is 28.1. The number of nitrogens with one attached hydrogen (secondary N) is 2. The van der Waals surface area contributed by atoms with E-state index < -0.39 is 5.91 Å². The number of halogens is 2. The molecule has 26 heavy (non-hydrogen) atoms. The van der Waals surface area contributed by atoms with Crippen molar-refractivity contribution in [1.29, 1.82) is 0 Å². The molecule has 0 aliphatic carbocycles. The van der Waals surface area contributed by atoms with Gasteiger partial charge in [-0.15, -0.1) is 11.3 Å². The lowest BCUT2D eigenvalue weighted by Crippen LogP contribution is -2.24. The first-order valence-electron chi connectivity index (χ1n) is 7.50. The molecule has 2 aromatic heterocycles. The summed E-state index contributed by atoms with van der Waals surface area (Å²) in [6.07, 6.45) is 1.47. The number of amides is 2. The topological polar surface area (TPSA) is 84.2 Å². The molecule has 0 saturated carbocycles. The first kappa shape index (κ1) is 18.3. The van der Waals surface area contributed by atoms with E-state index in [1.807, 2.05) is 0 Å². The zero-order valence-corrected chi connectivity index (χ0v) is 15.7. The second kappa shape index (κ2) is 8.24. The lowest BCUT2D eigenvalue weighted by atomic mass is 10.2. The van der Waals surface area contributed by atoms with E-state index in [1.165, 1.54) is 29.7 Å². The Kier molecular flexibility index (Phi) is 5.79. The molecule has 0 fully saturated rings. The van der Waals surface area contributed by atoms with Crippen LogP contribution in [0.1, 0.15) is 21.8 Å². The fourth-order valence-electron chi connectivity index (χ4n) is 2.15. The maximum atomic E-state index is 13.3. The summed E-state index contributed by atoms with van der Waals surface area (Å²) in [5, 5.41) is 7.38. The quantitative estimate of drug-likeness (QED) is 0.614. The summed E-state index contributed by atoms with van der Waals surface area (Å²) >= 11 is 4.42. The summed E-state index contributed by atoms with van der Waals surface area (Å²) in [7, 11) is 0. The van der Waals surface area contributed by atoms with Gasteiger partial charge in [0.1, 0.15) is 5.82 Å². The van der Waals surface area contributed by atoms with E-state index in [0.717, 1.165) is 0 Å². The van der Waals surface area contributed by atoms with Gasteiger partial charge in [0.25, 0.3) is 5.91 Å². The van der Waals surface area contributed by atoms with Gasteiger partial charge in [0, 0.05) is 16.4 Å². The maximum Gasteiger partial charge on any atom is 0.293 e. The highest BCUT2D eigenvalue weighted by molar-refractivity contribution is 9.10. The number of nitrogens with zero attached hydrogens (tertiary/aromatic N) is 1. The molecule has 134 valence electrons. The van der Waals surface area contributed by atoms with Gasteiger partial charge in [-0.05, 0) is 35.9 Å². The third kappa shape index (κ3) is 4.99. The highest BCUT2D eigenvalue weighted by atomic mass is 79.9. The molecule has 0 aliphatic heterocycles. The molecule has 0 aliphatic rings. The Hall–Kier alpha value is -2.52. The van der Waals surface area contributed by atoms with Gasteiger partial charge in [-0.2, -0.15) is 0 Å². The zero-order chi connectivity index (χ0) is 18.5. The third-order valence-corrected chi connectivity index (χ3v) is 4.54. The molecule has 3 aromatic rings. The van der Waals surface area contributed by atoms with E-state index in [0.29, 0.717) is 20.9 Å². The Labute approximate surface area is 160 Å². The van der Waals surface area contributed by atoms with Crippen LogP contribution in [0.2, 0.25) is 0 Å². The van der Waals surface area contributed by atoms with Crippen molar-refractivity contribution in [3.63, 3.8) is 0 Å². The molecular weight excluding hydrogens is 425 g/mol. The van der Waals surface area contributed by atoms with Crippen LogP contribution in [0, 0.1) is 5.82 Å². The van der Waals surface area contributed by atoms with Gasteiger partial charge >= 0.3 is 0 Å². The van der Waals surface area contributed by atoms with Crippen molar-refractivity contribution < 1.29 is 18.4 Å². The molecule has 0 unspecified atom stereocenters. The number of benzene rings is 1. The summed E-state index contributed by atoms with van der Waals surface area (Å²) in [5.41, 5.74) is 1.18. The van der Waals surface area contributed by atoms with Crippen molar-refractivity contribution >= 4 is 44.2 Å². The van der Waals surface area contributed by atoms with E-state index in [9.17, 15) is 14.0 Å². The van der Waals surface area contributed by atoms with Crippen LogP contribution in [0.5, 0.6) is 0 Å². The summed E-state index contributed by atoms with van der Waals surface area (Å²) in [6, 6.07) is 7.59. The van der Waals surface area contributed by atoms with E-state index in [2.05, 4.69) is 31.5 Å². The number of carbonyl (C=O) groups is 2. The lowest BCUT2D eigenvalue weighted by Gasteiger charge is -2.05. The first-order valence-corrected chi connectivity index (χ1v) is 9.18. The summed E-state index contributed by atoms with van der Waals surface area (Å²) in [5.74, 6) is -0.850. The van der Waals surface area contributed by atoms with Crippen LogP contribution in [0.3, 0.4) is 0 Å². The van der Waals surface area contributed by atoms with Gasteiger partial charge in [0.15, 0.2) is 10.9 Å². The Morgan fingerprint density at radius 2 is 2.15 bits per heavy atom. The molecule has 0 bridgehead atoms. The SMILES string of the molecule is O=C(Cc1csc(NC(=O)c2ccco2)n1)NCc1cc(F)cc(Br)c1. The molecule has 6 nitrogen and oxygen atoms in total. The van der Waals surface area contributed by atoms with Gasteiger partial charge in [-0.1, -0.05) is 15.9 Å². The minimum absolute atomic E-state index is 0.0591. The van der Waals surface area contributed by atoms with Crippen molar-refractivity contribution in [1.82, 2.24) is 10.3 Å². The van der Waals surface area contributed by atoms with Crippen molar-refractivity contribution in [3.05, 3.63) is 69.3 Å². The van der Waals surface area contributed by atoms with E-state index >= 15 is 0 Å². The number of furan rings is 1. The standard InChI is InChI=1S/C17H13BrFN3O3S/c18-11-4-10(5-12(19)6-11)8-20-15(23)7-13-9-26-17(21-13)22-16(24)14-2-1-3-25-14/h1-6,9H,7-8H2,(H,20,23)(H,21,22,24). The predicted octanol–water partition coefficient (Wildman–Crippen LogP) is 3.75. The maximum absolute atomic E-state index is 13.3. The van der Waals surface area contributed by atoms with Crippen LogP contribution in [-0.4, -0.2) is 16.8 Å². The van der Waals surface area contributed by atoms with Gasteiger partial charge in [-0.25, -0.2) is 9.37 Å². The van der Waals surface area contributed by atoms with Crippen LogP contribution in [-0.2, 0) is 17.8 Å². The van der Waals surface area contributed by atoms with Gasteiger partial charge in [-0.3, -0.25) is 14.9 Å². The van der Waals surface area contributed by atoms with Crippen molar-refractivity contribution in [2.75, 3.05) is 5.32 Å². The molecule has 1 aromatic carbocycles. The number of anilines is 1. The fraction of sp³-hybridized carbons (Fsp3) is 0.118. The smallest absolute Gasteiger partial charge is 0.293 e. The average molecular weight is 438 g/mol. The molecule has 0 spiro atoms. The Balaban J connectivity index is 1.52. The van der Waals surface area contributed by atoms with Crippen LogP contribution >= 0.6 is 27.3 Å². The molecule has 2 amide bonds. The largest absolute Gasteiger partial charge is 0.459 e. The Morgan fingerprint density at radius 3 is 2.88 bits per heavy atom. The fourth-order valence-corrected chi connectivity index (χ4v) is 3.37. The highest BCUT2D eigenvalue weighted by Gasteiger charge is 2.13. The second-order valence-electron chi connectivity index (χ2n) is 5.31. The third-order valence-electron chi connectivity index (χ3n) is 3.27. The van der Waals surface area contributed by atoms with E-state index in [4.69, 9.17) is 4.42 Å². The van der Waals surface area contributed by atoms with Gasteiger partial charge in [0.2, 0.25) is 5.91 Å². The lowest BCUT2D eigenvalue weighted by molar-refractivity contribution is -0.120. The Morgan fingerprint density at radius 1 is 1.31 bits per heavy atom. The number of hydrogen-bond donors (Lipinski definition) is 2. The number of hydrogen-bond acceptors (Lipinski definition) is 5. The molecule has 2 N–H and O–H groups in total. The minimum atomic E-state index is -0.406. The first-order chi connectivity index (χ1) is 12.5. The van der Waals surface area contributed by atoms with E-state index in [1.54, 1.807) is 23.6 Å². The molecule has 3 rings (SSSR count). The van der Waals surface area contributed by atoms with Crippen LogP contribution in [0.15, 0.2) is 50.9 Å². The van der Waals surface area contributed by atoms with Crippen LogP contribution in [0.25, 0.3) is 0 Å². The Bertz CT molecular complexity index is 907. The minimum Gasteiger partial charge on any atom is -0.459 e. The molecule has 0 saturated heterocycles. The number of rotatable bonds is 6. The number of thiazole rings is 1. The predicted molar refractivity (Wildman–Crippen MR) is 98.4 cm³/mol. The van der Waals surface area contributed by atoms with E-state index in [-0.39, 0.29) is 30.5 Å². The molecule has 2 heterocycles. The molecule has 0 radical (unpaired) electrons. The monoisotopic (exact) mass is 437 g/mol. The molecule has 9 heteroatoms. The van der Waals surface area contributed by atoms with Crippen LogP contribution < -0.4 is 10.6 Å². The van der Waals surface area contributed by atoms with Gasteiger partial charge in [0.05, 0.1) is 18.4 Å². The average Bonchev–Trinajstić information content (AvgIpc) is 3.24. The van der Waals surface area contributed by atoms with Crippen molar-refractivity contribution in [3.8, 4) is 0 Å². The van der Waals surface area contributed by atoms with Crippen LogP contribution in [0.4, 0.5) is 9.52 Å². The normalized spacial score (nSPS) is 10.5. The zero-order valence-electron chi connectivity index (χ0n) is 13.3. The number of carbonyl (C=O) groups excluding carboxylic acids is 2. The summed E-state index contributed by atoms with van der Waals surface area (Å²) < 4.78 is 18.9. The second-order valence-corrected chi connectivity index (χ2v) is 7.08.